The van der Waals surface area contributed by atoms with Crippen molar-refractivity contribution in [3.63, 3.8) is 0 Å². The quantitative estimate of drug-likeness (QED) is 0.838. The summed E-state index contributed by atoms with van der Waals surface area (Å²) in [4.78, 5) is 3.69. The molecule has 0 aromatic heterocycles. The third-order valence-corrected chi connectivity index (χ3v) is 6.43. The van der Waals surface area contributed by atoms with Gasteiger partial charge in [0, 0.05) is 5.56 Å². The van der Waals surface area contributed by atoms with Gasteiger partial charge in [-0.3, -0.25) is 0 Å². The highest BCUT2D eigenvalue weighted by atomic mass is 15.3. The summed E-state index contributed by atoms with van der Waals surface area (Å²) < 4.78 is 0. The first kappa shape index (κ1) is 17.0. The lowest BCUT2D eigenvalue weighted by molar-refractivity contribution is -1.03. The summed E-state index contributed by atoms with van der Waals surface area (Å²) in [6, 6.07) is 12.0. The molecule has 2 N–H and O–H groups in total. The van der Waals surface area contributed by atoms with E-state index in [1.165, 1.54) is 64.0 Å². The van der Waals surface area contributed by atoms with Crippen LogP contribution in [0.5, 0.6) is 0 Å². The summed E-state index contributed by atoms with van der Waals surface area (Å²) >= 11 is 0. The molecule has 1 aliphatic heterocycles. The van der Waals surface area contributed by atoms with Crippen molar-refractivity contribution in [2.45, 2.75) is 59.0 Å². The summed E-state index contributed by atoms with van der Waals surface area (Å²) in [5.41, 5.74) is 2.01. The van der Waals surface area contributed by atoms with E-state index in [4.69, 9.17) is 0 Å². The Morgan fingerprint density at radius 1 is 0.870 bits per heavy atom. The molecule has 0 radical (unpaired) electrons. The largest absolute Gasteiger partial charge is 0.323 e. The van der Waals surface area contributed by atoms with E-state index in [0.717, 1.165) is 12.0 Å². The van der Waals surface area contributed by atoms with Gasteiger partial charge in [0.15, 0.2) is 0 Å². The van der Waals surface area contributed by atoms with Crippen molar-refractivity contribution in [3.05, 3.63) is 35.9 Å². The number of piperazine rings is 1. The minimum absolute atomic E-state index is 0.513. The van der Waals surface area contributed by atoms with Crippen molar-refractivity contribution >= 4 is 0 Å². The predicted octanol–water partition coefficient (Wildman–Crippen LogP) is 1.57. The molecule has 1 aromatic rings. The Balaban J connectivity index is 1.43. The van der Waals surface area contributed by atoms with Crippen molar-refractivity contribution < 1.29 is 9.80 Å². The van der Waals surface area contributed by atoms with E-state index >= 15 is 0 Å². The molecule has 0 unspecified atom stereocenters. The van der Waals surface area contributed by atoms with Gasteiger partial charge in [-0.25, -0.2) is 0 Å². The van der Waals surface area contributed by atoms with E-state index in [1.54, 1.807) is 4.90 Å². The summed E-state index contributed by atoms with van der Waals surface area (Å²) in [5.74, 6) is 0.947. The third-order valence-electron chi connectivity index (χ3n) is 6.43. The van der Waals surface area contributed by atoms with Gasteiger partial charge in [0.1, 0.15) is 32.7 Å². The first-order valence-corrected chi connectivity index (χ1v) is 9.74. The van der Waals surface area contributed by atoms with Gasteiger partial charge in [0.05, 0.1) is 6.04 Å². The third kappa shape index (κ3) is 4.58. The van der Waals surface area contributed by atoms with Crippen LogP contribution in [0.3, 0.4) is 0 Å². The second kappa shape index (κ2) is 7.36. The molecule has 2 aliphatic rings. The van der Waals surface area contributed by atoms with Crippen LogP contribution in [0, 0.1) is 11.3 Å². The first-order valence-electron chi connectivity index (χ1n) is 9.74. The molecule has 3 rings (SSSR count). The van der Waals surface area contributed by atoms with Crippen molar-refractivity contribution in [2.24, 2.45) is 11.3 Å². The Bertz CT molecular complexity index is 460. The van der Waals surface area contributed by atoms with Gasteiger partial charge in [-0.05, 0) is 37.0 Å². The maximum absolute atomic E-state index is 2.43. The Hall–Kier alpha value is -0.860. The van der Waals surface area contributed by atoms with Crippen LogP contribution in [0.25, 0.3) is 0 Å². The van der Waals surface area contributed by atoms with Crippen LogP contribution in [-0.4, -0.2) is 32.2 Å². The van der Waals surface area contributed by atoms with E-state index in [1.807, 2.05) is 4.90 Å². The summed E-state index contributed by atoms with van der Waals surface area (Å²) in [7, 11) is 0. The van der Waals surface area contributed by atoms with Crippen molar-refractivity contribution in [1.82, 2.24) is 0 Å². The molecule has 1 aromatic carbocycles. The second-order valence-electron chi connectivity index (χ2n) is 8.99. The normalized spacial score (nSPS) is 32.7. The van der Waals surface area contributed by atoms with Crippen LogP contribution in [0.15, 0.2) is 30.3 Å². The zero-order valence-corrected chi connectivity index (χ0v) is 15.4. The van der Waals surface area contributed by atoms with Crippen LogP contribution >= 0.6 is 0 Å². The lowest BCUT2D eigenvalue weighted by Crippen LogP contribution is -3.29. The molecule has 0 amide bonds. The van der Waals surface area contributed by atoms with Gasteiger partial charge >= 0.3 is 0 Å². The Kier molecular flexibility index (Phi) is 5.43. The van der Waals surface area contributed by atoms with Crippen LogP contribution in [0.1, 0.15) is 52.0 Å². The van der Waals surface area contributed by atoms with Crippen LogP contribution in [-0.2, 0) is 6.54 Å². The molecule has 1 heterocycles. The monoisotopic (exact) mass is 316 g/mol. The fraction of sp³-hybridized carbons (Fsp3) is 0.714. The predicted molar refractivity (Wildman–Crippen MR) is 96.7 cm³/mol. The number of nitrogens with one attached hydrogen (secondary N) is 2. The topological polar surface area (TPSA) is 8.88 Å². The SMILES string of the molecule is CC(C)(C)C1CCC([NH+]2CC[NH+](Cc3ccccc3)CC2)CC1. The van der Waals surface area contributed by atoms with Crippen molar-refractivity contribution in [3.8, 4) is 0 Å². The number of rotatable bonds is 3. The molecule has 1 aliphatic carbocycles. The molecule has 2 heteroatoms. The number of hydrogen-bond donors (Lipinski definition) is 2. The van der Waals surface area contributed by atoms with Gasteiger partial charge in [0.25, 0.3) is 0 Å². The average molecular weight is 317 g/mol. The highest BCUT2D eigenvalue weighted by Gasteiger charge is 2.35. The lowest BCUT2D eigenvalue weighted by atomic mass is 9.71. The smallest absolute Gasteiger partial charge is 0.127 e. The van der Waals surface area contributed by atoms with E-state index in [9.17, 15) is 0 Å². The maximum Gasteiger partial charge on any atom is 0.127 e. The Morgan fingerprint density at radius 2 is 1.48 bits per heavy atom. The first-order chi connectivity index (χ1) is 11.0. The minimum atomic E-state index is 0.513. The summed E-state index contributed by atoms with van der Waals surface area (Å²) in [5, 5.41) is 0. The Morgan fingerprint density at radius 3 is 2.04 bits per heavy atom. The lowest BCUT2D eigenvalue weighted by Gasteiger charge is -2.41. The zero-order valence-electron chi connectivity index (χ0n) is 15.4. The average Bonchev–Trinajstić information content (AvgIpc) is 2.56. The molecule has 23 heavy (non-hydrogen) atoms. The number of quaternary nitrogens is 2. The van der Waals surface area contributed by atoms with Gasteiger partial charge in [-0.15, -0.1) is 0 Å². The number of benzene rings is 1. The second-order valence-corrected chi connectivity index (χ2v) is 8.99. The standard InChI is InChI=1S/C21H34N2/c1-21(2,3)19-9-11-20(12-10-19)23-15-13-22(14-16-23)17-18-7-5-4-6-8-18/h4-8,19-20H,9-17H2,1-3H3/p+2. The molecule has 1 saturated heterocycles. The van der Waals surface area contributed by atoms with Crippen molar-refractivity contribution in [2.75, 3.05) is 26.2 Å². The highest BCUT2D eigenvalue weighted by molar-refractivity contribution is 5.13. The maximum atomic E-state index is 2.43. The molecule has 1 saturated carbocycles. The van der Waals surface area contributed by atoms with Gasteiger partial charge in [-0.1, -0.05) is 51.1 Å². The van der Waals surface area contributed by atoms with E-state index in [-0.39, 0.29) is 0 Å². The minimum Gasteiger partial charge on any atom is -0.323 e. The molecule has 0 spiro atoms. The molecule has 128 valence electrons. The van der Waals surface area contributed by atoms with Gasteiger partial charge in [0.2, 0.25) is 0 Å². The fourth-order valence-corrected chi connectivity index (χ4v) is 4.76. The zero-order chi connectivity index (χ0) is 16.3. The molecule has 2 nitrogen and oxygen atoms in total. The van der Waals surface area contributed by atoms with Crippen LogP contribution in [0.2, 0.25) is 0 Å². The fourth-order valence-electron chi connectivity index (χ4n) is 4.76. The number of hydrogen-bond acceptors (Lipinski definition) is 0. The molecule has 0 atom stereocenters. The summed E-state index contributed by atoms with van der Waals surface area (Å²) in [6.45, 7) is 14.0. The van der Waals surface area contributed by atoms with Crippen LogP contribution in [0.4, 0.5) is 0 Å². The van der Waals surface area contributed by atoms with Crippen molar-refractivity contribution in [1.29, 1.82) is 0 Å². The molecular formula is C21H36N2+2. The van der Waals surface area contributed by atoms with Crippen LogP contribution < -0.4 is 9.80 Å². The molecule has 0 bridgehead atoms. The summed E-state index contributed by atoms with van der Waals surface area (Å²) in [6.07, 6.45) is 5.84. The Labute approximate surface area is 142 Å². The van der Waals surface area contributed by atoms with Gasteiger partial charge in [-0.2, -0.15) is 0 Å². The van der Waals surface area contributed by atoms with Gasteiger partial charge < -0.3 is 9.80 Å². The molecule has 2 fully saturated rings. The molecular weight excluding hydrogens is 280 g/mol. The van der Waals surface area contributed by atoms with E-state index in [2.05, 4.69) is 51.1 Å². The highest BCUT2D eigenvalue weighted by Crippen LogP contribution is 2.37. The van der Waals surface area contributed by atoms with E-state index in [0.29, 0.717) is 5.41 Å². The van der Waals surface area contributed by atoms with E-state index < -0.39 is 0 Å².